The van der Waals surface area contributed by atoms with Crippen LogP contribution in [0, 0.1) is 11.2 Å². The van der Waals surface area contributed by atoms with Crippen molar-refractivity contribution in [3.8, 4) is 5.75 Å². The molecule has 102 valence electrons. The Morgan fingerprint density at radius 2 is 1.94 bits per heavy atom. The summed E-state index contributed by atoms with van der Waals surface area (Å²) in [5, 5.41) is 21.7. The lowest BCUT2D eigenvalue weighted by molar-refractivity contribution is 0.113. The topological polar surface area (TPSA) is 52.5 Å². The molecule has 1 aromatic carbocycles. The van der Waals surface area contributed by atoms with Crippen molar-refractivity contribution in [3.63, 3.8) is 0 Å². The van der Waals surface area contributed by atoms with Gasteiger partial charge >= 0.3 is 0 Å². The molecule has 0 atom stereocenters. The third-order valence-corrected chi connectivity index (χ3v) is 3.68. The third-order valence-electron chi connectivity index (χ3n) is 3.68. The number of nitrogens with one attached hydrogen (secondary N) is 1. The predicted molar refractivity (Wildman–Crippen MR) is 69.9 cm³/mol. The van der Waals surface area contributed by atoms with Gasteiger partial charge in [0.2, 0.25) is 0 Å². The summed E-state index contributed by atoms with van der Waals surface area (Å²) in [7, 11) is 0. The molecule has 0 bridgehead atoms. The molecular formula is C14H22FNO2. The number of aromatic hydroxyl groups is 1. The second-order valence-corrected chi connectivity index (χ2v) is 4.75. The molecule has 0 amide bonds. The molecule has 0 aliphatic carbocycles. The van der Waals surface area contributed by atoms with Crippen molar-refractivity contribution in [1.29, 1.82) is 0 Å². The molecule has 0 saturated carbocycles. The van der Waals surface area contributed by atoms with E-state index in [4.69, 9.17) is 5.11 Å². The van der Waals surface area contributed by atoms with E-state index in [0.29, 0.717) is 13.1 Å². The highest BCUT2D eigenvalue weighted by atomic mass is 19.1. The molecule has 0 aliphatic rings. The molecule has 1 rings (SSSR count). The lowest BCUT2D eigenvalue weighted by atomic mass is 9.83. The van der Waals surface area contributed by atoms with E-state index in [1.54, 1.807) is 6.07 Å². The van der Waals surface area contributed by atoms with Gasteiger partial charge in [-0.25, -0.2) is 4.39 Å². The van der Waals surface area contributed by atoms with E-state index in [2.05, 4.69) is 19.2 Å². The van der Waals surface area contributed by atoms with Crippen molar-refractivity contribution >= 4 is 0 Å². The van der Waals surface area contributed by atoms with Crippen molar-refractivity contribution in [3.05, 3.63) is 29.6 Å². The maximum atomic E-state index is 13.1. The largest absolute Gasteiger partial charge is 0.505 e. The summed E-state index contributed by atoms with van der Waals surface area (Å²) >= 11 is 0. The molecule has 4 heteroatoms. The van der Waals surface area contributed by atoms with Crippen LogP contribution >= 0.6 is 0 Å². The summed E-state index contributed by atoms with van der Waals surface area (Å²) < 4.78 is 13.1. The van der Waals surface area contributed by atoms with Crippen LogP contribution in [-0.4, -0.2) is 23.4 Å². The number of halogens is 1. The summed E-state index contributed by atoms with van der Waals surface area (Å²) in [4.78, 5) is 0. The molecule has 18 heavy (non-hydrogen) atoms. The van der Waals surface area contributed by atoms with Crippen molar-refractivity contribution in [2.75, 3.05) is 13.2 Å². The normalized spacial score (nSPS) is 11.8. The fourth-order valence-corrected chi connectivity index (χ4v) is 1.91. The number of aliphatic hydroxyl groups excluding tert-OH is 1. The third kappa shape index (κ3) is 3.68. The van der Waals surface area contributed by atoms with Gasteiger partial charge in [-0.3, -0.25) is 0 Å². The van der Waals surface area contributed by atoms with E-state index in [0.717, 1.165) is 18.4 Å². The van der Waals surface area contributed by atoms with Crippen LogP contribution in [0.2, 0.25) is 0 Å². The van der Waals surface area contributed by atoms with Crippen LogP contribution in [0.1, 0.15) is 32.3 Å². The zero-order chi connectivity index (χ0) is 13.6. The number of hydrogen-bond donors (Lipinski definition) is 3. The minimum Gasteiger partial charge on any atom is -0.505 e. The highest BCUT2D eigenvalue weighted by molar-refractivity contribution is 5.27. The molecule has 0 unspecified atom stereocenters. The Kier molecular flexibility index (Phi) is 5.56. The van der Waals surface area contributed by atoms with E-state index in [-0.39, 0.29) is 17.8 Å². The Bertz CT molecular complexity index is 370. The number of hydrogen-bond acceptors (Lipinski definition) is 3. The van der Waals surface area contributed by atoms with Crippen LogP contribution in [0.25, 0.3) is 0 Å². The molecule has 3 nitrogen and oxygen atoms in total. The Hall–Kier alpha value is -1.13. The van der Waals surface area contributed by atoms with Crippen LogP contribution in [-0.2, 0) is 6.54 Å². The van der Waals surface area contributed by atoms with Gasteiger partial charge in [0.05, 0.1) is 0 Å². The average Bonchev–Trinajstić information content (AvgIpc) is 2.39. The van der Waals surface area contributed by atoms with Crippen LogP contribution in [0.15, 0.2) is 18.2 Å². The van der Waals surface area contributed by atoms with Gasteiger partial charge in [0, 0.05) is 25.1 Å². The van der Waals surface area contributed by atoms with Gasteiger partial charge in [-0.1, -0.05) is 19.9 Å². The fraction of sp³-hybridized carbons (Fsp3) is 0.571. The Morgan fingerprint density at radius 1 is 1.28 bits per heavy atom. The van der Waals surface area contributed by atoms with Crippen molar-refractivity contribution in [1.82, 2.24) is 5.32 Å². The van der Waals surface area contributed by atoms with Gasteiger partial charge in [-0.2, -0.15) is 0 Å². The summed E-state index contributed by atoms with van der Waals surface area (Å²) in [5.41, 5.74) is 0.680. The standard InChI is InChI=1S/C14H22FNO2/c1-3-14(4-2,10-17)9-16-8-11-5-6-13(18)12(15)7-11/h5-7,16-18H,3-4,8-10H2,1-2H3. The van der Waals surface area contributed by atoms with E-state index < -0.39 is 5.82 Å². The number of phenols is 1. The second-order valence-electron chi connectivity index (χ2n) is 4.75. The highest BCUT2D eigenvalue weighted by Crippen LogP contribution is 2.24. The molecule has 0 aliphatic heterocycles. The highest BCUT2D eigenvalue weighted by Gasteiger charge is 2.24. The summed E-state index contributed by atoms with van der Waals surface area (Å²) in [6, 6.07) is 4.36. The predicted octanol–water partition coefficient (Wildman–Crippen LogP) is 2.42. The Balaban J connectivity index is 2.52. The monoisotopic (exact) mass is 255 g/mol. The number of aliphatic hydroxyl groups is 1. The molecule has 0 heterocycles. The van der Waals surface area contributed by atoms with E-state index in [9.17, 15) is 9.50 Å². The quantitative estimate of drug-likeness (QED) is 0.701. The van der Waals surface area contributed by atoms with Crippen molar-refractivity contribution in [2.24, 2.45) is 5.41 Å². The first-order valence-electron chi connectivity index (χ1n) is 6.36. The van der Waals surface area contributed by atoms with Gasteiger partial charge in [-0.15, -0.1) is 0 Å². The van der Waals surface area contributed by atoms with Crippen molar-refractivity contribution in [2.45, 2.75) is 33.2 Å². The average molecular weight is 255 g/mol. The Labute approximate surface area is 108 Å². The van der Waals surface area contributed by atoms with Crippen LogP contribution in [0.3, 0.4) is 0 Å². The minimum absolute atomic E-state index is 0.102. The number of phenolic OH excluding ortho intramolecular Hbond substituents is 1. The van der Waals surface area contributed by atoms with E-state index >= 15 is 0 Å². The molecule has 0 radical (unpaired) electrons. The second kappa shape index (κ2) is 6.71. The molecular weight excluding hydrogens is 233 g/mol. The molecule has 3 N–H and O–H groups in total. The molecule has 0 fully saturated rings. The zero-order valence-electron chi connectivity index (χ0n) is 11.0. The van der Waals surface area contributed by atoms with Crippen LogP contribution in [0.4, 0.5) is 4.39 Å². The first kappa shape index (κ1) is 14.9. The molecule has 0 saturated heterocycles. The SMILES string of the molecule is CCC(CC)(CO)CNCc1ccc(O)c(F)c1. The number of rotatable bonds is 7. The number of benzene rings is 1. The van der Waals surface area contributed by atoms with Crippen molar-refractivity contribution < 1.29 is 14.6 Å². The summed E-state index contributed by atoms with van der Waals surface area (Å²) in [6.45, 7) is 5.48. The van der Waals surface area contributed by atoms with Gasteiger partial charge in [0.25, 0.3) is 0 Å². The van der Waals surface area contributed by atoms with Crippen LogP contribution < -0.4 is 5.32 Å². The molecule has 1 aromatic rings. The zero-order valence-corrected chi connectivity index (χ0v) is 11.0. The minimum atomic E-state index is -0.603. The first-order chi connectivity index (χ1) is 8.56. The summed E-state index contributed by atoms with van der Waals surface area (Å²) in [6.07, 6.45) is 1.80. The van der Waals surface area contributed by atoms with Gasteiger partial charge in [0.15, 0.2) is 11.6 Å². The fourth-order valence-electron chi connectivity index (χ4n) is 1.91. The van der Waals surface area contributed by atoms with Gasteiger partial charge in [-0.05, 0) is 30.5 Å². The van der Waals surface area contributed by atoms with E-state index in [1.165, 1.54) is 12.1 Å². The van der Waals surface area contributed by atoms with Crippen LogP contribution in [0.5, 0.6) is 5.75 Å². The lowest BCUT2D eigenvalue weighted by Crippen LogP contribution is -2.36. The smallest absolute Gasteiger partial charge is 0.165 e. The van der Waals surface area contributed by atoms with Gasteiger partial charge < -0.3 is 15.5 Å². The molecule has 0 aromatic heterocycles. The van der Waals surface area contributed by atoms with Gasteiger partial charge in [0.1, 0.15) is 0 Å². The first-order valence-corrected chi connectivity index (χ1v) is 6.36. The van der Waals surface area contributed by atoms with E-state index in [1.807, 2.05) is 0 Å². The molecule has 0 spiro atoms. The Morgan fingerprint density at radius 3 is 2.44 bits per heavy atom. The lowest BCUT2D eigenvalue weighted by Gasteiger charge is -2.29. The maximum Gasteiger partial charge on any atom is 0.165 e. The maximum absolute atomic E-state index is 13.1. The summed E-state index contributed by atoms with van der Waals surface area (Å²) in [5.74, 6) is -0.931.